The maximum atomic E-state index is 14.1. The molecule has 1 saturated heterocycles. The van der Waals surface area contributed by atoms with Crippen LogP contribution in [0.15, 0.2) is 36.8 Å². The average Bonchev–Trinajstić information content (AvgIpc) is 3.06. The maximum absolute atomic E-state index is 14.1. The summed E-state index contributed by atoms with van der Waals surface area (Å²) in [5.41, 5.74) is -1.26. The maximum Gasteiger partial charge on any atom is 0.481 e. The zero-order valence-corrected chi connectivity index (χ0v) is 22.2. The molecular formula is C24H31BClFN4O6. The molecule has 10 nitrogen and oxygen atoms in total. The van der Waals surface area contributed by atoms with Gasteiger partial charge in [-0.2, -0.15) is 0 Å². The van der Waals surface area contributed by atoms with Crippen LogP contribution in [0, 0.1) is 5.82 Å². The molecule has 2 atom stereocenters. The second-order valence-electron chi connectivity index (χ2n) is 9.52. The normalized spacial score (nSPS) is 17.6. The van der Waals surface area contributed by atoms with Gasteiger partial charge in [0.25, 0.3) is 5.91 Å². The molecule has 0 saturated carbocycles. The highest BCUT2D eigenvalue weighted by Crippen LogP contribution is 2.38. The van der Waals surface area contributed by atoms with Crippen LogP contribution in [0.25, 0.3) is 0 Å². The van der Waals surface area contributed by atoms with Crippen molar-refractivity contribution >= 4 is 30.5 Å². The third-order valence-electron chi connectivity index (χ3n) is 6.26. The van der Waals surface area contributed by atoms with E-state index in [0.29, 0.717) is 0 Å². The Balaban J connectivity index is 1.73. The summed E-state index contributed by atoms with van der Waals surface area (Å²) in [6, 6.07) is 3.05. The molecule has 0 radical (unpaired) electrons. The highest BCUT2D eigenvalue weighted by Gasteiger charge is 2.54. The zero-order chi connectivity index (χ0) is 27.2. The van der Waals surface area contributed by atoms with Gasteiger partial charge in [-0.3, -0.25) is 14.6 Å². The standard InChI is InChI=1S/C24H31BClFN4O6/c1-23(2)24(3,4)37-25(36-23)20(8-11-35-19-7-6-15(26)12-16(19)27)31-22(33)18(14-34-5)30-21(32)17-13-28-9-10-29-17/h6-7,9-10,12-13,18,20H,8,11,14H2,1-5H3,(H,30,32)(H,31,33)/t18?,20-/m1/s1. The molecule has 1 fully saturated rings. The first-order valence-corrected chi connectivity index (χ1v) is 12.1. The summed E-state index contributed by atoms with van der Waals surface area (Å²) < 4.78 is 37.2. The number of rotatable bonds is 11. The Morgan fingerprint density at radius 3 is 2.46 bits per heavy atom. The molecular weight excluding hydrogens is 506 g/mol. The first-order chi connectivity index (χ1) is 17.4. The molecule has 2 aromatic rings. The van der Waals surface area contributed by atoms with Gasteiger partial charge in [-0.05, 0) is 45.9 Å². The van der Waals surface area contributed by atoms with Crippen LogP contribution in [0.1, 0.15) is 44.6 Å². The molecule has 200 valence electrons. The molecule has 1 unspecified atom stereocenters. The van der Waals surface area contributed by atoms with E-state index in [1.807, 2.05) is 27.7 Å². The molecule has 1 aliphatic rings. The van der Waals surface area contributed by atoms with Crippen LogP contribution in [0.3, 0.4) is 0 Å². The highest BCUT2D eigenvalue weighted by atomic mass is 35.5. The molecule has 2 N–H and O–H groups in total. The Kier molecular flexibility index (Phi) is 9.46. The monoisotopic (exact) mass is 536 g/mol. The van der Waals surface area contributed by atoms with Gasteiger partial charge in [0.05, 0.1) is 36.6 Å². The van der Waals surface area contributed by atoms with Crippen LogP contribution in [0.4, 0.5) is 4.39 Å². The fraction of sp³-hybridized carbons (Fsp3) is 0.500. The van der Waals surface area contributed by atoms with Crippen LogP contribution in [0.5, 0.6) is 5.75 Å². The number of amides is 2. The highest BCUT2D eigenvalue weighted by molar-refractivity contribution is 6.48. The van der Waals surface area contributed by atoms with Crippen molar-refractivity contribution in [3.05, 3.63) is 53.3 Å². The molecule has 2 amide bonds. The Morgan fingerprint density at radius 2 is 1.86 bits per heavy atom. The van der Waals surface area contributed by atoms with E-state index in [2.05, 4.69) is 20.6 Å². The van der Waals surface area contributed by atoms with E-state index in [4.69, 9.17) is 30.4 Å². The van der Waals surface area contributed by atoms with Gasteiger partial charge in [-0.1, -0.05) is 11.6 Å². The summed E-state index contributed by atoms with van der Waals surface area (Å²) in [4.78, 5) is 33.6. The Morgan fingerprint density at radius 1 is 1.16 bits per heavy atom. The number of carbonyl (C=O) groups is 2. The lowest BCUT2D eigenvalue weighted by Crippen LogP contribution is -2.56. The molecule has 0 aliphatic carbocycles. The van der Waals surface area contributed by atoms with Crippen molar-refractivity contribution < 1.29 is 32.8 Å². The van der Waals surface area contributed by atoms with Crippen molar-refractivity contribution in [2.45, 2.75) is 57.3 Å². The number of benzene rings is 1. The van der Waals surface area contributed by atoms with Crippen LogP contribution in [-0.2, 0) is 18.8 Å². The lowest BCUT2D eigenvalue weighted by Gasteiger charge is -2.32. The first kappa shape index (κ1) is 28.8. The van der Waals surface area contributed by atoms with Crippen molar-refractivity contribution in [3.63, 3.8) is 0 Å². The van der Waals surface area contributed by atoms with E-state index < -0.39 is 47.9 Å². The third-order valence-corrected chi connectivity index (χ3v) is 6.49. The van der Waals surface area contributed by atoms with Crippen molar-refractivity contribution in [1.29, 1.82) is 0 Å². The summed E-state index contributed by atoms with van der Waals surface area (Å²) in [6.45, 7) is 7.50. The topological polar surface area (TPSA) is 121 Å². The van der Waals surface area contributed by atoms with Crippen molar-refractivity contribution in [3.8, 4) is 5.75 Å². The van der Waals surface area contributed by atoms with E-state index >= 15 is 0 Å². The van der Waals surface area contributed by atoms with E-state index in [1.165, 1.54) is 37.8 Å². The largest absolute Gasteiger partial charge is 0.490 e. The predicted molar refractivity (Wildman–Crippen MR) is 135 cm³/mol. The van der Waals surface area contributed by atoms with Crippen LogP contribution >= 0.6 is 11.6 Å². The summed E-state index contributed by atoms with van der Waals surface area (Å²) in [7, 11) is 0.584. The number of nitrogens with one attached hydrogen (secondary N) is 2. The van der Waals surface area contributed by atoms with Gasteiger partial charge in [0.15, 0.2) is 11.6 Å². The van der Waals surface area contributed by atoms with Gasteiger partial charge in [0.2, 0.25) is 5.91 Å². The van der Waals surface area contributed by atoms with Crippen molar-refractivity contribution in [2.24, 2.45) is 0 Å². The average molecular weight is 537 g/mol. The zero-order valence-electron chi connectivity index (χ0n) is 21.4. The summed E-state index contributed by atoms with van der Waals surface area (Å²) in [5.74, 6) is -2.39. The minimum atomic E-state index is -1.04. The number of hydrogen-bond donors (Lipinski definition) is 2. The predicted octanol–water partition coefficient (Wildman–Crippen LogP) is 2.60. The fourth-order valence-corrected chi connectivity index (χ4v) is 3.66. The Hall–Kier alpha value is -2.80. The molecule has 0 spiro atoms. The minimum absolute atomic E-state index is 0.0249. The number of nitrogens with zero attached hydrogens (tertiary/aromatic N) is 2. The number of hydrogen-bond acceptors (Lipinski definition) is 8. The number of carbonyl (C=O) groups excluding carboxylic acids is 2. The van der Waals surface area contributed by atoms with E-state index in [0.717, 1.165) is 6.07 Å². The second kappa shape index (κ2) is 12.2. The smallest absolute Gasteiger partial charge is 0.481 e. The van der Waals surface area contributed by atoms with E-state index in [9.17, 15) is 14.0 Å². The summed E-state index contributed by atoms with van der Waals surface area (Å²) in [6.07, 6.45) is 4.31. The van der Waals surface area contributed by atoms with E-state index in [-0.39, 0.29) is 36.1 Å². The molecule has 1 aromatic carbocycles. The fourth-order valence-electron chi connectivity index (χ4n) is 3.50. The number of ether oxygens (including phenoxy) is 2. The van der Waals surface area contributed by atoms with Crippen LogP contribution in [0.2, 0.25) is 5.02 Å². The second-order valence-corrected chi connectivity index (χ2v) is 9.96. The lowest BCUT2D eigenvalue weighted by atomic mass is 9.76. The summed E-state index contributed by atoms with van der Waals surface area (Å²) in [5, 5.41) is 5.73. The van der Waals surface area contributed by atoms with Gasteiger partial charge in [-0.25, -0.2) is 9.37 Å². The van der Waals surface area contributed by atoms with Crippen molar-refractivity contribution in [1.82, 2.24) is 20.6 Å². The Labute approximate surface area is 220 Å². The van der Waals surface area contributed by atoms with Crippen molar-refractivity contribution in [2.75, 3.05) is 20.3 Å². The molecule has 37 heavy (non-hydrogen) atoms. The molecule has 1 aliphatic heterocycles. The SMILES string of the molecule is COCC(NC(=O)c1cnccn1)C(=O)N[C@H](CCOc1ccc(Cl)cc1F)B1OC(C)(C)C(C)(C)O1. The minimum Gasteiger partial charge on any atom is -0.490 e. The molecule has 2 heterocycles. The molecule has 0 bridgehead atoms. The number of methoxy groups -OCH3 is 1. The molecule has 3 rings (SSSR count). The summed E-state index contributed by atoms with van der Waals surface area (Å²) >= 11 is 5.81. The van der Waals surface area contributed by atoms with Gasteiger partial charge in [0, 0.05) is 30.9 Å². The number of aromatic nitrogens is 2. The first-order valence-electron chi connectivity index (χ1n) is 11.7. The van der Waals surface area contributed by atoms with Gasteiger partial charge >= 0.3 is 7.12 Å². The van der Waals surface area contributed by atoms with E-state index in [1.54, 1.807) is 0 Å². The van der Waals surface area contributed by atoms with Crippen LogP contribution < -0.4 is 15.4 Å². The Bertz CT molecular complexity index is 1080. The van der Waals surface area contributed by atoms with Gasteiger partial charge in [0.1, 0.15) is 11.7 Å². The number of halogens is 2. The van der Waals surface area contributed by atoms with Crippen LogP contribution in [-0.4, -0.2) is 72.4 Å². The van der Waals surface area contributed by atoms with Gasteiger partial charge < -0.3 is 29.4 Å². The molecule has 13 heteroatoms. The molecule has 1 aromatic heterocycles. The third kappa shape index (κ3) is 7.38. The van der Waals surface area contributed by atoms with Gasteiger partial charge in [-0.15, -0.1) is 0 Å². The lowest BCUT2D eigenvalue weighted by molar-refractivity contribution is -0.124. The quantitative estimate of drug-likeness (QED) is 0.421.